The zero-order valence-corrected chi connectivity index (χ0v) is 14.7. The number of aliphatic carboxylic acids is 2. The van der Waals surface area contributed by atoms with Crippen molar-refractivity contribution in [2.24, 2.45) is 11.5 Å². The second-order valence-electron chi connectivity index (χ2n) is 5.73. The lowest BCUT2D eigenvalue weighted by atomic mass is 10.1. The molecule has 2 saturated heterocycles. The van der Waals surface area contributed by atoms with Gasteiger partial charge < -0.3 is 37.6 Å². The zero-order chi connectivity index (χ0) is 19.9. The number of hydrogen-bond donors (Lipinski definition) is 7. The molecule has 9 N–H and O–H groups in total. The summed E-state index contributed by atoms with van der Waals surface area (Å²) >= 11 is 0. The van der Waals surface area contributed by atoms with Crippen LogP contribution in [0.3, 0.4) is 0 Å². The molecule has 2 fully saturated rings. The molecule has 2 amide bonds. The van der Waals surface area contributed by atoms with E-state index >= 15 is 0 Å². The van der Waals surface area contributed by atoms with Crippen molar-refractivity contribution in [1.82, 2.24) is 16.0 Å². The van der Waals surface area contributed by atoms with Gasteiger partial charge in [0.25, 0.3) is 0 Å². The standard InChI is InChI=1S/C6H14N2O2.C5H9NO2.C4H6N2O2/c7-4-2-1-3-5(8)6(9)10;7-5(8)4-2-1-3-6-4;7-3-4(8)6-2-1-5-3/h5H,1-4,7-8H2,(H,9,10);4,6H,1-3H2,(H,7,8);1-2H2,(H,5,7)(H,6,8)/t5-;4-;/m00./s1. The van der Waals surface area contributed by atoms with Gasteiger partial charge in [-0.25, -0.2) is 0 Å². The molecule has 0 bridgehead atoms. The number of carboxylic acid groups (broad SMARTS) is 2. The van der Waals surface area contributed by atoms with Gasteiger partial charge in [0, 0.05) is 13.1 Å². The Hall–Kier alpha value is -2.24. The van der Waals surface area contributed by atoms with Crippen molar-refractivity contribution >= 4 is 23.8 Å². The van der Waals surface area contributed by atoms with Gasteiger partial charge in [-0.2, -0.15) is 0 Å². The number of carboxylic acids is 2. The number of nitrogens with two attached hydrogens (primary N) is 2. The van der Waals surface area contributed by atoms with Crippen LogP contribution in [-0.4, -0.2) is 72.2 Å². The van der Waals surface area contributed by atoms with E-state index in [9.17, 15) is 19.2 Å². The van der Waals surface area contributed by atoms with E-state index < -0.39 is 29.8 Å². The van der Waals surface area contributed by atoms with E-state index in [0.29, 0.717) is 26.1 Å². The van der Waals surface area contributed by atoms with Crippen LogP contribution >= 0.6 is 0 Å². The maximum absolute atomic E-state index is 10.3. The molecule has 2 heterocycles. The van der Waals surface area contributed by atoms with Gasteiger partial charge in [0.15, 0.2) is 0 Å². The summed E-state index contributed by atoms with van der Waals surface area (Å²) in [6.45, 7) is 2.55. The van der Waals surface area contributed by atoms with Crippen LogP contribution in [0.25, 0.3) is 0 Å². The normalized spacial score (nSPS) is 19.7. The average Bonchev–Trinajstić information content (AvgIpc) is 3.14. The van der Waals surface area contributed by atoms with Crippen LogP contribution in [-0.2, 0) is 19.2 Å². The minimum Gasteiger partial charge on any atom is -0.480 e. The Balaban J connectivity index is 0.000000363. The van der Waals surface area contributed by atoms with Gasteiger partial charge in [-0.15, -0.1) is 0 Å². The summed E-state index contributed by atoms with van der Waals surface area (Å²) in [5.41, 5.74) is 10.4. The fourth-order valence-electron chi connectivity index (χ4n) is 2.04. The number of rotatable bonds is 6. The molecule has 26 heavy (non-hydrogen) atoms. The summed E-state index contributed by atoms with van der Waals surface area (Å²) < 4.78 is 0. The molecule has 0 spiro atoms. The Morgan fingerprint density at radius 3 is 1.96 bits per heavy atom. The van der Waals surface area contributed by atoms with Crippen LogP contribution in [0, 0.1) is 0 Å². The number of unbranched alkanes of at least 4 members (excludes halogenated alkanes) is 1. The van der Waals surface area contributed by atoms with E-state index in [-0.39, 0.29) is 6.04 Å². The monoisotopic (exact) mass is 375 g/mol. The van der Waals surface area contributed by atoms with Crippen LogP contribution in [0.2, 0.25) is 0 Å². The first-order valence-electron chi connectivity index (χ1n) is 8.50. The number of hydrogen-bond acceptors (Lipinski definition) is 7. The summed E-state index contributed by atoms with van der Waals surface area (Å²) in [5, 5.41) is 24.3. The minimum absolute atomic E-state index is 0.269. The van der Waals surface area contributed by atoms with E-state index in [1.165, 1.54) is 0 Å². The Labute approximate surface area is 151 Å². The highest BCUT2D eigenvalue weighted by Gasteiger charge is 2.20. The van der Waals surface area contributed by atoms with E-state index in [2.05, 4.69) is 16.0 Å². The predicted molar refractivity (Wildman–Crippen MR) is 93.2 cm³/mol. The second kappa shape index (κ2) is 14.0. The van der Waals surface area contributed by atoms with Crippen molar-refractivity contribution in [2.75, 3.05) is 26.2 Å². The van der Waals surface area contributed by atoms with Crippen LogP contribution < -0.4 is 27.4 Å². The van der Waals surface area contributed by atoms with Crippen LogP contribution in [0.4, 0.5) is 0 Å². The molecule has 2 aliphatic heterocycles. The summed E-state index contributed by atoms with van der Waals surface area (Å²) in [4.78, 5) is 40.8. The predicted octanol–water partition coefficient (Wildman–Crippen LogP) is -2.42. The average molecular weight is 375 g/mol. The third-order valence-electron chi connectivity index (χ3n) is 3.55. The van der Waals surface area contributed by atoms with Crippen LogP contribution in [0.5, 0.6) is 0 Å². The number of amides is 2. The first-order chi connectivity index (χ1) is 12.3. The van der Waals surface area contributed by atoms with Gasteiger partial charge in [-0.1, -0.05) is 6.42 Å². The maximum Gasteiger partial charge on any atom is 0.320 e. The third-order valence-corrected chi connectivity index (χ3v) is 3.55. The van der Waals surface area contributed by atoms with Crippen LogP contribution in [0.1, 0.15) is 32.1 Å². The first-order valence-corrected chi connectivity index (χ1v) is 8.50. The lowest BCUT2D eigenvalue weighted by Gasteiger charge is -2.10. The number of piperazine rings is 1. The number of carbonyl (C=O) groups is 4. The molecule has 0 aromatic carbocycles. The van der Waals surface area contributed by atoms with Crippen molar-refractivity contribution in [3.8, 4) is 0 Å². The van der Waals surface area contributed by atoms with Gasteiger partial charge in [-0.3, -0.25) is 19.2 Å². The smallest absolute Gasteiger partial charge is 0.320 e. The highest BCUT2D eigenvalue weighted by atomic mass is 16.4. The Morgan fingerprint density at radius 1 is 1.08 bits per heavy atom. The molecule has 0 aromatic rings. The third kappa shape index (κ3) is 11.3. The Morgan fingerprint density at radius 2 is 1.65 bits per heavy atom. The highest BCUT2D eigenvalue weighted by molar-refractivity contribution is 6.35. The Bertz CT molecular complexity index is 451. The quantitative estimate of drug-likeness (QED) is 0.195. The second-order valence-corrected chi connectivity index (χ2v) is 5.73. The molecule has 11 nitrogen and oxygen atoms in total. The summed E-state index contributed by atoms with van der Waals surface area (Å²) in [6.07, 6.45) is 3.95. The maximum atomic E-state index is 10.3. The van der Waals surface area contributed by atoms with E-state index in [4.69, 9.17) is 21.7 Å². The largest absolute Gasteiger partial charge is 0.480 e. The fraction of sp³-hybridized carbons (Fsp3) is 0.733. The molecular weight excluding hydrogens is 346 g/mol. The van der Waals surface area contributed by atoms with Gasteiger partial charge in [-0.05, 0) is 38.8 Å². The van der Waals surface area contributed by atoms with Crippen molar-refractivity contribution in [3.05, 3.63) is 0 Å². The summed E-state index contributed by atoms with van der Waals surface area (Å²) in [6, 6.07) is -0.985. The molecule has 2 aliphatic rings. The molecule has 2 atom stereocenters. The zero-order valence-electron chi connectivity index (χ0n) is 14.7. The molecule has 150 valence electrons. The van der Waals surface area contributed by atoms with E-state index in [0.717, 1.165) is 32.2 Å². The summed E-state index contributed by atoms with van der Waals surface area (Å²) in [5.74, 6) is -2.72. The number of carbonyl (C=O) groups excluding carboxylic acids is 2. The molecule has 0 aromatic heterocycles. The molecule has 0 radical (unpaired) electrons. The van der Waals surface area contributed by atoms with Crippen LogP contribution in [0.15, 0.2) is 0 Å². The van der Waals surface area contributed by atoms with E-state index in [1.807, 2.05) is 0 Å². The Kier molecular flexibility index (Phi) is 12.8. The molecular formula is C15H29N5O6. The van der Waals surface area contributed by atoms with Gasteiger partial charge in [0.1, 0.15) is 12.1 Å². The topological polar surface area (TPSA) is 197 Å². The number of nitrogens with one attached hydrogen (secondary N) is 3. The van der Waals surface area contributed by atoms with Crippen molar-refractivity contribution < 1.29 is 29.4 Å². The lowest BCUT2D eigenvalue weighted by molar-refractivity contribution is -0.140. The SMILES string of the molecule is NCCCC[C@H](N)C(=O)O.O=C(O)[C@@H]1CCCN1.O=C1NCCNC1=O. The van der Waals surface area contributed by atoms with Crippen molar-refractivity contribution in [2.45, 2.75) is 44.2 Å². The molecule has 0 aliphatic carbocycles. The molecule has 2 rings (SSSR count). The van der Waals surface area contributed by atoms with Gasteiger partial charge >= 0.3 is 23.8 Å². The molecule has 0 saturated carbocycles. The van der Waals surface area contributed by atoms with Gasteiger partial charge in [0.05, 0.1) is 0 Å². The van der Waals surface area contributed by atoms with Crippen molar-refractivity contribution in [1.29, 1.82) is 0 Å². The van der Waals surface area contributed by atoms with Gasteiger partial charge in [0.2, 0.25) is 0 Å². The van der Waals surface area contributed by atoms with Crippen molar-refractivity contribution in [3.63, 3.8) is 0 Å². The first kappa shape index (κ1) is 23.8. The highest BCUT2D eigenvalue weighted by Crippen LogP contribution is 2.03. The summed E-state index contributed by atoms with van der Waals surface area (Å²) in [7, 11) is 0. The minimum atomic E-state index is -0.933. The molecule has 0 unspecified atom stereocenters. The molecule has 11 heteroatoms. The van der Waals surface area contributed by atoms with E-state index in [1.54, 1.807) is 0 Å². The lowest BCUT2D eigenvalue weighted by Crippen LogP contribution is -2.49. The fourth-order valence-corrected chi connectivity index (χ4v) is 2.04.